The van der Waals surface area contributed by atoms with E-state index in [1.807, 2.05) is 6.92 Å². The summed E-state index contributed by atoms with van der Waals surface area (Å²) >= 11 is 11.8. The van der Waals surface area contributed by atoms with E-state index in [0.29, 0.717) is 28.6 Å². The first-order valence-corrected chi connectivity index (χ1v) is 6.27. The first kappa shape index (κ1) is 14.7. The first-order valence-electron chi connectivity index (χ1n) is 5.52. The molecule has 5 heteroatoms. The standard InChI is InChI=1S/C12H17Cl2NO2/c1-8(4-5-16)15-7-12(17)10-6-9(13)2-3-11(10)14/h2-3,6,8,12,15-17H,4-5,7H2,1H3. The minimum absolute atomic E-state index is 0.127. The summed E-state index contributed by atoms with van der Waals surface area (Å²) in [6.45, 7) is 2.45. The lowest BCUT2D eigenvalue weighted by Gasteiger charge is -2.17. The maximum Gasteiger partial charge on any atom is 0.0929 e. The van der Waals surface area contributed by atoms with Gasteiger partial charge in [-0.2, -0.15) is 0 Å². The van der Waals surface area contributed by atoms with E-state index in [1.165, 1.54) is 0 Å². The highest BCUT2D eigenvalue weighted by Gasteiger charge is 2.13. The molecule has 0 aliphatic carbocycles. The Balaban J connectivity index is 2.57. The molecule has 1 aromatic rings. The summed E-state index contributed by atoms with van der Waals surface area (Å²) in [6.07, 6.45) is -0.0574. The van der Waals surface area contributed by atoms with E-state index in [2.05, 4.69) is 5.32 Å². The van der Waals surface area contributed by atoms with Gasteiger partial charge in [0.1, 0.15) is 0 Å². The number of aliphatic hydroxyl groups is 2. The van der Waals surface area contributed by atoms with E-state index in [4.69, 9.17) is 28.3 Å². The van der Waals surface area contributed by atoms with Gasteiger partial charge in [0.25, 0.3) is 0 Å². The maximum absolute atomic E-state index is 9.97. The summed E-state index contributed by atoms with van der Waals surface area (Å²) in [5, 5.41) is 22.9. The Morgan fingerprint density at radius 2 is 2.06 bits per heavy atom. The molecule has 0 aromatic heterocycles. The van der Waals surface area contributed by atoms with E-state index in [-0.39, 0.29) is 12.6 Å². The van der Waals surface area contributed by atoms with Crippen LogP contribution in [0.4, 0.5) is 0 Å². The third-order valence-corrected chi connectivity index (χ3v) is 3.12. The van der Waals surface area contributed by atoms with Crippen molar-refractivity contribution in [2.45, 2.75) is 25.5 Å². The summed E-state index contributed by atoms with van der Waals surface area (Å²) in [6, 6.07) is 5.15. The molecule has 1 rings (SSSR count). The van der Waals surface area contributed by atoms with Crippen molar-refractivity contribution in [1.29, 1.82) is 0 Å². The van der Waals surface area contributed by atoms with Crippen molar-refractivity contribution in [2.75, 3.05) is 13.2 Å². The Morgan fingerprint density at radius 1 is 1.35 bits per heavy atom. The van der Waals surface area contributed by atoms with Gasteiger partial charge in [0.05, 0.1) is 6.10 Å². The fourth-order valence-electron chi connectivity index (χ4n) is 1.49. The molecule has 0 saturated heterocycles. The van der Waals surface area contributed by atoms with Crippen molar-refractivity contribution >= 4 is 23.2 Å². The molecule has 96 valence electrons. The zero-order valence-electron chi connectivity index (χ0n) is 9.66. The molecule has 0 aliphatic rings. The van der Waals surface area contributed by atoms with E-state index < -0.39 is 6.10 Å². The predicted octanol–water partition coefficient (Wildman–Crippen LogP) is 2.39. The van der Waals surface area contributed by atoms with Crippen molar-refractivity contribution in [3.63, 3.8) is 0 Å². The molecule has 0 aliphatic heterocycles. The second kappa shape index (κ2) is 7.19. The van der Waals surface area contributed by atoms with Gasteiger partial charge in [0.2, 0.25) is 0 Å². The Morgan fingerprint density at radius 3 is 2.71 bits per heavy atom. The molecule has 0 saturated carbocycles. The Kier molecular flexibility index (Phi) is 6.23. The molecule has 0 bridgehead atoms. The minimum atomic E-state index is -0.706. The van der Waals surface area contributed by atoms with Crippen molar-refractivity contribution < 1.29 is 10.2 Å². The molecular formula is C12H17Cl2NO2. The second-order valence-corrected chi connectivity index (χ2v) is 4.85. The number of halogens is 2. The monoisotopic (exact) mass is 277 g/mol. The summed E-state index contributed by atoms with van der Waals surface area (Å²) < 4.78 is 0. The molecule has 0 radical (unpaired) electrons. The van der Waals surface area contributed by atoms with Crippen molar-refractivity contribution in [2.24, 2.45) is 0 Å². The molecule has 17 heavy (non-hydrogen) atoms. The fraction of sp³-hybridized carbons (Fsp3) is 0.500. The SMILES string of the molecule is CC(CCO)NCC(O)c1cc(Cl)ccc1Cl. The number of hydrogen-bond donors (Lipinski definition) is 3. The first-order chi connectivity index (χ1) is 8.04. The third-order valence-electron chi connectivity index (χ3n) is 2.54. The summed E-state index contributed by atoms with van der Waals surface area (Å²) in [7, 11) is 0. The molecule has 3 N–H and O–H groups in total. The Bertz CT molecular complexity index is 360. The van der Waals surface area contributed by atoms with Crippen LogP contribution < -0.4 is 5.32 Å². The molecule has 0 spiro atoms. The Hall–Kier alpha value is -0.320. The minimum Gasteiger partial charge on any atom is -0.396 e. The third kappa shape index (κ3) is 4.82. The van der Waals surface area contributed by atoms with Crippen LogP contribution in [0.5, 0.6) is 0 Å². The van der Waals surface area contributed by atoms with Crippen molar-refractivity contribution in [3.8, 4) is 0 Å². The zero-order chi connectivity index (χ0) is 12.8. The summed E-state index contributed by atoms with van der Waals surface area (Å²) in [5.74, 6) is 0. The van der Waals surface area contributed by atoms with Gasteiger partial charge >= 0.3 is 0 Å². The number of aliphatic hydroxyl groups excluding tert-OH is 2. The largest absolute Gasteiger partial charge is 0.396 e. The smallest absolute Gasteiger partial charge is 0.0929 e. The zero-order valence-corrected chi connectivity index (χ0v) is 11.2. The predicted molar refractivity (Wildman–Crippen MR) is 70.6 cm³/mol. The number of rotatable bonds is 6. The highest BCUT2D eigenvalue weighted by Crippen LogP contribution is 2.26. The van der Waals surface area contributed by atoms with Gasteiger partial charge in [-0.05, 0) is 31.5 Å². The van der Waals surface area contributed by atoms with Crippen LogP contribution in [0, 0.1) is 0 Å². The van der Waals surface area contributed by atoms with Gasteiger partial charge in [-0.3, -0.25) is 0 Å². The van der Waals surface area contributed by atoms with Crippen LogP contribution in [0.1, 0.15) is 25.0 Å². The average molecular weight is 278 g/mol. The van der Waals surface area contributed by atoms with Gasteiger partial charge in [-0.1, -0.05) is 23.2 Å². The molecule has 0 amide bonds. The van der Waals surface area contributed by atoms with E-state index in [9.17, 15) is 5.11 Å². The number of hydrogen-bond acceptors (Lipinski definition) is 3. The maximum atomic E-state index is 9.97. The molecular weight excluding hydrogens is 261 g/mol. The topological polar surface area (TPSA) is 52.5 Å². The van der Waals surface area contributed by atoms with Crippen LogP contribution in [0.2, 0.25) is 10.0 Å². The molecule has 2 atom stereocenters. The van der Waals surface area contributed by atoms with Crippen LogP contribution in [-0.2, 0) is 0 Å². The van der Waals surface area contributed by atoms with E-state index in [0.717, 1.165) is 0 Å². The quantitative estimate of drug-likeness (QED) is 0.749. The van der Waals surface area contributed by atoms with Gasteiger partial charge in [-0.15, -0.1) is 0 Å². The Labute approximate surface area is 111 Å². The molecule has 0 fully saturated rings. The fourth-order valence-corrected chi connectivity index (χ4v) is 1.91. The highest BCUT2D eigenvalue weighted by atomic mass is 35.5. The average Bonchev–Trinajstić information content (AvgIpc) is 2.29. The molecule has 1 aromatic carbocycles. The summed E-state index contributed by atoms with van der Waals surface area (Å²) in [4.78, 5) is 0. The van der Waals surface area contributed by atoms with Gasteiger partial charge in [0, 0.05) is 34.8 Å². The number of benzene rings is 1. The van der Waals surface area contributed by atoms with Crippen LogP contribution in [0.25, 0.3) is 0 Å². The van der Waals surface area contributed by atoms with Crippen LogP contribution in [0.3, 0.4) is 0 Å². The van der Waals surface area contributed by atoms with Crippen LogP contribution >= 0.6 is 23.2 Å². The number of nitrogens with one attached hydrogen (secondary N) is 1. The van der Waals surface area contributed by atoms with Gasteiger partial charge < -0.3 is 15.5 Å². The molecule has 3 nitrogen and oxygen atoms in total. The lowest BCUT2D eigenvalue weighted by atomic mass is 10.1. The van der Waals surface area contributed by atoms with Crippen molar-refractivity contribution in [1.82, 2.24) is 5.32 Å². The van der Waals surface area contributed by atoms with Gasteiger partial charge in [-0.25, -0.2) is 0 Å². The second-order valence-electron chi connectivity index (χ2n) is 4.00. The van der Waals surface area contributed by atoms with Crippen LogP contribution in [-0.4, -0.2) is 29.4 Å². The molecule has 0 heterocycles. The van der Waals surface area contributed by atoms with Crippen molar-refractivity contribution in [3.05, 3.63) is 33.8 Å². The normalized spacial score (nSPS) is 14.6. The lowest BCUT2D eigenvalue weighted by Crippen LogP contribution is -2.31. The van der Waals surface area contributed by atoms with Crippen LogP contribution in [0.15, 0.2) is 18.2 Å². The van der Waals surface area contributed by atoms with E-state index in [1.54, 1.807) is 18.2 Å². The lowest BCUT2D eigenvalue weighted by molar-refractivity contribution is 0.167. The van der Waals surface area contributed by atoms with Gasteiger partial charge in [0.15, 0.2) is 0 Å². The highest BCUT2D eigenvalue weighted by molar-refractivity contribution is 6.33. The molecule has 2 unspecified atom stereocenters. The summed E-state index contributed by atoms with van der Waals surface area (Å²) in [5.41, 5.74) is 0.614. The van der Waals surface area contributed by atoms with E-state index >= 15 is 0 Å².